The number of hydrogen-bond donors (Lipinski definition) is 4. The van der Waals surface area contributed by atoms with Crippen LogP contribution < -0.4 is 16.4 Å². The van der Waals surface area contributed by atoms with Crippen molar-refractivity contribution in [2.45, 2.75) is 31.3 Å². The maximum atomic E-state index is 14.3. The number of primary amides is 1. The van der Waals surface area contributed by atoms with Crippen LogP contribution in [0, 0.1) is 0 Å². The van der Waals surface area contributed by atoms with E-state index < -0.39 is 17.9 Å². The van der Waals surface area contributed by atoms with Gasteiger partial charge >= 0.3 is 0 Å². The third-order valence-corrected chi connectivity index (χ3v) is 6.41. The molecule has 0 aliphatic carbocycles. The quantitative estimate of drug-likeness (QED) is 0.303. The lowest BCUT2D eigenvalue weighted by Gasteiger charge is -2.33. The van der Waals surface area contributed by atoms with E-state index in [-0.39, 0.29) is 18.2 Å². The van der Waals surface area contributed by atoms with Gasteiger partial charge in [-0.2, -0.15) is 0 Å². The lowest BCUT2D eigenvalue weighted by atomic mass is 9.89. The number of hydrogen-bond acceptors (Lipinski definition) is 6. The fourth-order valence-electron chi connectivity index (χ4n) is 4.54. The van der Waals surface area contributed by atoms with E-state index in [9.17, 15) is 14.7 Å². The highest BCUT2D eigenvalue weighted by Gasteiger charge is 2.34. The van der Waals surface area contributed by atoms with E-state index in [1.807, 2.05) is 60.7 Å². The van der Waals surface area contributed by atoms with Crippen LogP contribution in [-0.4, -0.2) is 53.5 Å². The van der Waals surface area contributed by atoms with Crippen LogP contribution in [0.1, 0.15) is 35.4 Å². The highest BCUT2D eigenvalue weighted by molar-refractivity contribution is 5.92. The number of rotatable bonds is 11. The van der Waals surface area contributed by atoms with Crippen LogP contribution in [0.3, 0.4) is 0 Å². The Bertz CT molecular complexity index is 1160. The van der Waals surface area contributed by atoms with Gasteiger partial charge in [0.05, 0.1) is 12.5 Å². The van der Waals surface area contributed by atoms with E-state index in [0.29, 0.717) is 19.4 Å². The smallest absolute Gasteiger partial charge is 0.240 e. The molecule has 8 heteroatoms. The van der Waals surface area contributed by atoms with Crippen molar-refractivity contribution in [3.05, 3.63) is 102 Å². The van der Waals surface area contributed by atoms with Crippen molar-refractivity contribution < 1.29 is 14.7 Å². The maximum absolute atomic E-state index is 14.3. The molecule has 0 spiro atoms. The molecule has 1 aliphatic rings. The zero-order valence-electron chi connectivity index (χ0n) is 20.7. The van der Waals surface area contributed by atoms with Crippen molar-refractivity contribution in [2.24, 2.45) is 10.7 Å². The van der Waals surface area contributed by atoms with E-state index in [0.717, 1.165) is 35.7 Å². The summed E-state index contributed by atoms with van der Waals surface area (Å²) < 4.78 is 0. The van der Waals surface area contributed by atoms with E-state index in [4.69, 9.17) is 5.73 Å². The number of guanidine groups is 1. The minimum absolute atomic E-state index is 0.133. The number of amides is 2. The van der Waals surface area contributed by atoms with Gasteiger partial charge < -0.3 is 26.4 Å². The predicted octanol–water partition coefficient (Wildman–Crippen LogP) is 2.74. The van der Waals surface area contributed by atoms with Crippen LogP contribution in [0.2, 0.25) is 0 Å². The second-order valence-electron chi connectivity index (χ2n) is 9.03. The fourth-order valence-corrected chi connectivity index (χ4v) is 4.54. The molecular formula is C29H33N5O3. The summed E-state index contributed by atoms with van der Waals surface area (Å²) in [5.74, 6) is -0.473. The molecule has 3 aromatic rings. The van der Waals surface area contributed by atoms with Crippen LogP contribution in [-0.2, 0) is 16.1 Å². The molecule has 8 nitrogen and oxygen atoms in total. The molecular weight excluding hydrogens is 466 g/mol. The van der Waals surface area contributed by atoms with Crippen molar-refractivity contribution in [2.75, 3.05) is 19.6 Å². The van der Waals surface area contributed by atoms with E-state index in [1.54, 1.807) is 29.2 Å². The minimum atomic E-state index is -0.809. The molecule has 0 radical (unpaired) electrons. The number of benzene rings is 3. The zero-order valence-corrected chi connectivity index (χ0v) is 20.7. The summed E-state index contributed by atoms with van der Waals surface area (Å²) in [7, 11) is 0. The summed E-state index contributed by atoms with van der Waals surface area (Å²) in [4.78, 5) is 33.0. The molecule has 1 atom stereocenters. The first-order valence-corrected chi connectivity index (χ1v) is 12.5. The lowest BCUT2D eigenvalue weighted by Crippen LogP contribution is -2.49. The van der Waals surface area contributed by atoms with Crippen molar-refractivity contribution in [1.29, 1.82) is 0 Å². The Kier molecular flexibility index (Phi) is 8.75. The Balaban J connectivity index is 1.64. The van der Waals surface area contributed by atoms with Gasteiger partial charge in [0.1, 0.15) is 11.8 Å². The summed E-state index contributed by atoms with van der Waals surface area (Å²) in [6.07, 6.45) is 1.02. The van der Waals surface area contributed by atoms with Gasteiger partial charge in [0.25, 0.3) is 0 Å². The number of phenolic OH excluding ortho intramolecular Hbond substituents is 1. The van der Waals surface area contributed by atoms with Crippen LogP contribution in [0.25, 0.3) is 0 Å². The second-order valence-corrected chi connectivity index (χ2v) is 9.03. The Labute approximate surface area is 217 Å². The molecule has 192 valence electrons. The van der Waals surface area contributed by atoms with Crippen LogP contribution in [0.15, 0.2) is 89.9 Å². The average Bonchev–Trinajstić information content (AvgIpc) is 3.44. The molecule has 0 saturated heterocycles. The molecule has 4 rings (SSSR count). The summed E-state index contributed by atoms with van der Waals surface area (Å²) in [5.41, 5.74) is 8.37. The molecule has 0 bridgehead atoms. The number of phenols is 1. The van der Waals surface area contributed by atoms with Crippen molar-refractivity contribution in [3.8, 4) is 5.75 Å². The number of nitrogens with one attached hydrogen (secondary N) is 2. The van der Waals surface area contributed by atoms with Crippen molar-refractivity contribution in [3.63, 3.8) is 0 Å². The Morgan fingerprint density at radius 1 is 0.973 bits per heavy atom. The third-order valence-electron chi connectivity index (χ3n) is 6.41. The Hall–Kier alpha value is -4.33. The Morgan fingerprint density at radius 3 is 2.14 bits per heavy atom. The zero-order chi connectivity index (χ0) is 26.0. The molecule has 5 N–H and O–H groups in total. The summed E-state index contributed by atoms with van der Waals surface area (Å²) >= 11 is 0. The van der Waals surface area contributed by atoms with Gasteiger partial charge in [-0.05, 0) is 41.7 Å². The second kappa shape index (κ2) is 12.6. The van der Waals surface area contributed by atoms with Crippen LogP contribution in [0.5, 0.6) is 5.75 Å². The first-order valence-electron chi connectivity index (χ1n) is 12.5. The third kappa shape index (κ3) is 6.88. The average molecular weight is 500 g/mol. The number of nitrogens with two attached hydrogens (primary N) is 1. The maximum Gasteiger partial charge on any atom is 0.240 e. The number of nitrogens with zero attached hydrogens (tertiary/aromatic N) is 2. The van der Waals surface area contributed by atoms with Crippen molar-refractivity contribution >= 4 is 17.8 Å². The molecule has 0 unspecified atom stereocenters. The highest BCUT2D eigenvalue weighted by Crippen LogP contribution is 2.29. The SMILES string of the molecule is NC(=O)[C@@H](CCCNC1=NCCN1)N(Cc1ccc(O)cc1)C(=O)C(c1ccccc1)c1ccccc1. The number of carbonyl (C=O) groups is 2. The summed E-state index contributed by atoms with van der Waals surface area (Å²) in [6, 6.07) is 25.0. The lowest BCUT2D eigenvalue weighted by molar-refractivity contribution is -0.141. The first kappa shape index (κ1) is 25.8. The number of aromatic hydroxyl groups is 1. The van der Waals surface area contributed by atoms with Gasteiger partial charge in [-0.1, -0.05) is 72.8 Å². The van der Waals surface area contributed by atoms with Crippen LogP contribution in [0.4, 0.5) is 0 Å². The molecule has 0 aromatic heterocycles. The largest absolute Gasteiger partial charge is 0.508 e. The molecule has 0 fully saturated rings. The van der Waals surface area contributed by atoms with Gasteiger partial charge in [0, 0.05) is 19.6 Å². The van der Waals surface area contributed by atoms with E-state index in [1.165, 1.54) is 0 Å². The Morgan fingerprint density at radius 2 is 1.59 bits per heavy atom. The number of aliphatic imine (C=N–C) groups is 1. The van der Waals surface area contributed by atoms with Crippen molar-refractivity contribution in [1.82, 2.24) is 15.5 Å². The van der Waals surface area contributed by atoms with Crippen LogP contribution >= 0.6 is 0 Å². The predicted molar refractivity (Wildman–Crippen MR) is 144 cm³/mol. The minimum Gasteiger partial charge on any atom is -0.508 e. The first-order chi connectivity index (χ1) is 18.0. The summed E-state index contributed by atoms with van der Waals surface area (Å²) in [6.45, 7) is 2.32. The normalized spacial score (nSPS) is 13.5. The fraction of sp³-hybridized carbons (Fsp3) is 0.276. The number of carbonyl (C=O) groups excluding carboxylic acids is 2. The molecule has 1 heterocycles. The molecule has 1 aliphatic heterocycles. The molecule has 37 heavy (non-hydrogen) atoms. The van der Waals surface area contributed by atoms with E-state index in [2.05, 4.69) is 15.6 Å². The standard InChI is InChI=1S/C29H33N5O3/c30-27(36)25(12-7-17-31-29-32-18-19-33-29)34(20-21-13-15-24(35)16-14-21)28(37)26(22-8-3-1-4-9-22)23-10-5-2-6-11-23/h1-6,8-11,13-16,25-26,35H,7,12,17-20H2,(H2,30,36)(H2,31,32,33)/t25-/m1/s1. The molecule has 0 saturated carbocycles. The monoisotopic (exact) mass is 499 g/mol. The highest BCUT2D eigenvalue weighted by atomic mass is 16.3. The van der Waals surface area contributed by atoms with Gasteiger partial charge in [0.2, 0.25) is 11.8 Å². The van der Waals surface area contributed by atoms with Gasteiger partial charge in [-0.25, -0.2) is 0 Å². The topological polar surface area (TPSA) is 120 Å². The van der Waals surface area contributed by atoms with Gasteiger partial charge in [-0.15, -0.1) is 0 Å². The molecule has 3 aromatic carbocycles. The van der Waals surface area contributed by atoms with E-state index >= 15 is 0 Å². The molecule has 2 amide bonds. The van der Waals surface area contributed by atoms with Gasteiger partial charge in [0.15, 0.2) is 5.96 Å². The van der Waals surface area contributed by atoms with Gasteiger partial charge in [-0.3, -0.25) is 14.6 Å². The summed E-state index contributed by atoms with van der Waals surface area (Å²) in [5, 5.41) is 16.1.